The van der Waals surface area contributed by atoms with Crippen LogP contribution in [-0.2, 0) is 9.60 Å². The monoisotopic (exact) mass is 196 g/mol. The van der Waals surface area contributed by atoms with E-state index < -0.39 is 19.7 Å². The molecule has 0 spiro atoms. The molecule has 0 aliphatic heterocycles. The van der Waals surface area contributed by atoms with E-state index in [1.54, 1.807) is 0 Å². The van der Waals surface area contributed by atoms with Crippen molar-refractivity contribution in [2.45, 2.75) is 44.3 Å². The van der Waals surface area contributed by atoms with Crippen LogP contribution in [0.15, 0.2) is 0 Å². The van der Waals surface area contributed by atoms with E-state index >= 15 is 0 Å². The zero-order valence-electron chi connectivity index (χ0n) is 7.22. The lowest BCUT2D eigenvalue weighted by molar-refractivity contribution is -0.186. The maximum atomic E-state index is 11.8. The lowest BCUT2D eigenvalue weighted by atomic mass is 10.1. The SMILES string of the molecule is FOC1CCCCC(OB(F)F)C1. The van der Waals surface area contributed by atoms with Crippen molar-refractivity contribution in [3.8, 4) is 0 Å². The van der Waals surface area contributed by atoms with E-state index in [4.69, 9.17) is 0 Å². The molecule has 76 valence electrons. The molecule has 2 nitrogen and oxygen atoms in total. The molecule has 0 aromatic heterocycles. The zero-order valence-corrected chi connectivity index (χ0v) is 7.22. The Balaban J connectivity index is 2.35. The molecule has 0 heterocycles. The molecule has 2 atom stereocenters. The molecule has 1 aliphatic carbocycles. The second kappa shape index (κ2) is 5.49. The molecule has 1 aliphatic rings. The van der Waals surface area contributed by atoms with Crippen molar-refractivity contribution >= 4 is 7.47 Å². The van der Waals surface area contributed by atoms with Crippen LogP contribution >= 0.6 is 0 Å². The summed E-state index contributed by atoms with van der Waals surface area (Å²) in [5.74, 6) is 0. The molecule has 0 saturated heterocycles. The van der Waals surface area contributed by atoms with Gasteiger partial charge in [-0.05, 0) is 17.4 Å². The summed E-state index contributed by atoms with van der Waals surface area (Å²) in [5.41, 5.74) is 0. The lowest BCUT2D eigenvalue weighted by Crippen LogP contribution is -2.23. The topological polar surface area (TPSA) is 18.5 Å². The largest absolute Gasteiger partial charge is 0.721 e. The molecule has 1 rings (SSSR count). The minimum Gasteiger partial charge on any atom is -0.376 e. The number of halogens is 3. The van der Waals surface area contributed by atoms with E-state index in [1.807, 2.05) is 0 Å². The molecular weight excluding hydrogens is 184 g/mol. The highest BCUT2D eigenvalue weighted by atomic mass is 19.3. The van der Waals surface area contributed by atoms with Crippen molar-refractivity contribution in [3.63, 3.8) is 0 Å². The summed E-state index contributed by atoms with van der Waals surface area (Å²) in [6.45, 7) is 0. The molecule has 0 bridgehead atoms. The van der Waals surface area contributed by atoms with E-state index in [1.165, 1.54) is 0 Å². The summed E-state index contributed by atoms with van der Waals surface area (Å²) >= 11 is 0. The van der Waals surface area contributed by atoms with Crippen LogP contribution in [0.3, 0.4) is 0 Å². The summed E-state index contributed by atoms with van der Waals surface area (Å²) in [5, 5.41) is 0. The molecular formula is C7H12BF3O2. The molecule has 0 radical (unpaired) electrons. The van der Waals surface area contributed by atoms with Crippen LogP contribution in [0.1, 0.15) is 32.1 Å². The summed E-state index contributed by atoms with van der Waals surface area (Å²) in [7, 11) is -2.77. The minimum atomic E-state index is -2.77. The standard InChI is InChI=1S/C7H12BF3O2/c9-8(10)12-6-3-1-2-4-7(5-6)13-11/h6-7H,1-5H2. The Bertz CT molecular complexity index is 148. The highest BCUT2D eigenvalue weighted by molar-refractivity contribution is 6.34. The Kier molecular flexibility index (Phi) is 4.59. The minimum absolute atomic E-state index is 0.223. The fraction of sp³-hybridized carbons (Fsp3) is 1.00. The fourth-order valence-electron chi connectivity index (χ4n) is 1.62. The van der Waals surface area contributed by atoms with E-state index in [0.29, 0.717) is 12.8 Å². The van der Waals surface area contributed by atoms with Gasteiger partial charge in [0.1, 0.15) is 6.10 Å². The third kappa shape index (κ3) is 4.00. The maximum absolute atomic E-state index is 11.8. The maximum Gasteiger partial charge on any atom is 0.721 e. The average Bonchev–Trinajstić information content (AvgIpc) is 2.28. The average molecular weight is 196 g/mol. The van der Waals surface area contributed by atoms with Crippen LogP contribution in [0.2, 0.25) is 0 Å². The first-order chi connectivity index (χ1) is 6.22. The summed E-state index contributed by atoms with van der Waals surface area (Å²) in [6, 6.07) is 0. The van der Waals surface area contributed by atoms with Crippen LogP contribution in [0.4, 0.5) is 13.2 Å². The predicted molar refractivity (Wildman–Crippen MR) is 41.9 cm³/mol. The van der Waals surface area contributed by atoms with Crippen LogP contribution in [0.5, 0.6) is 0 Å². The fourth-order valence-corrected chi connectivity index (χ4v) is 1.62. The molecule has 6 heteroatoms. The van der Waals surface area contributed by atoms with Gasteiger partial charge in [-0.1, -0.05) is 12.8 Å². The Morgan fingerprint density at radius 3 is 2.23 bits per heavy atom. The third-order valence-corrected chi connectivity index (χ3v) is 2.25. The van der Waals surface area contributed by atoms with Gasteiger partial charge in [0.05, 0.1) is 0 Å². The first-order valence-electron chi connectivity index (χ1n) is 4.43. The number of rotatable bonds is 3. The summed E-state index contributed by atoms with van der Waals surface area (Å²) in [4.78, 5) is 3.66. The zero-order chi connectivity index (χ0) is 9.68. The van der Waals surface area contributed by atoms with Gasteiger partial charge in [-0.2, -0.15) is 4.94 Å². The molecule has 1 saturated carbocycles. The Hall–Kier alpha value is -0.225. The van der Waals surface area contributed by atoms with Crippen molar-refractivity contribution in [1.29, 1.82) is 0 Å². The Morgan fingerprint density at radius 1 is 1.08 bits per heavy atom. The highest BCUT2D eigenvalue weighted by Crippen LogP contribution is 2.23. The van der Waals surface area contributed by atoms with Gasteiger partial charge in [-0.25, -0.2) is 0 Å². The van der Waals surface area contributed by atoms with Crippen LogP contribution in [0, 0.1) is 0 Å². The number of hydrogen-bond acceptors (Lipinski definition) is 2. The second-order valence-electron chi connectivity index (χ2n) is 3.25. The van der Waals surface area contributed by atoms with Gasteiger partial charge in [-0.3, -0.25) is 8.63 Å². The Labute approximate surface area is 75.5 Å². The molecule has 0 aromatic carbocycles. The number of hydrogen-bond donors (Lipinski definition) is 0. The lowest BCUT2D eigenvalue weighted by Gasteiger charge is -2.16. The van der Waals surface area contributed by atoms with Crippen molar-refractivity contribution in [2.24, 2.45) is 0 Å². The van der Waals surface area contributed by atoms with E-state index in [2.05, 4.69) is 9.60 Å². The van der Waals surface area contributed by atoms with Crippen molar-refractivity contribution in [3.05, 3.63) is 0 Å². The predicted octanol–water partition coefficient (Wildman–Crippen LogP) is 2.53. The van der Waals surface area contributed by atoms with Gasteiger partial charge in [0.15, 0.2) is 0 Å². The summed E-state index contributed by atoms with van der Waals surface area (Å²) < 4.78 is 39.8. The van der Waals surface area contributed by atoms with Crippen molar-refractivity contribution in [2.75, 3.05) is 0 Å². The second-order valence-corrected chi connectivity index (χ2v) is 3.25. The van der Waals surface area contributed by atoms with Gasteiger partial charge in [-0.15, -0.1) is 0 Å². The van der Waals surface area contributed by atoms with E-state index in [9.17, 15) is 13.2 Å². The molecule has 0 amide bonds. The van der Waals surface area contributed by atoms with Crippen molar-refractivity contribution in [1.82, 2.24) is 0 Å². The van der Waals surface area contributed by atoms with Gasteiger partial charge < -0.3 is 4.65 Å². The van der Waals surface area contributed by atoms with Crippen LogP contribution in [0.25, 0.3) is 0 Å². The van der Waals surface area contributed by atoms with Gasteiger partial charge in [0.25, 0.3) is 0 Å². The first-order valence-corrected chi connectivity index (χ1v) is 4.43. The quantitative estimate of drug-likeness (QED) is 0.510. The van der Waals surface area contributed by atoms with Gasteiger partial charge >= 0.3 is 7.47 Å². The van der Waals surface area contributed by atoms with E-state index in [0.717, 1.165) is 12.8 Å². The molecule has 2 unspecified atom stereocenters. The molecule has 1 fully saturated rings. The molecule has 0 aromatic rings. The van der Waals surface area contributed by atoms with Crippen LogP contribution in [-0.4, -0.2) is 19.7 Å². The van der Waals surface area contributed by atoms with E-state index in [-0.39, 0.29) is 6.42 Å². The Morgan fingerprint density at radius 2 is 1.69 bits per heavy atom. The first kappa shape index (κ1) is 10.9. The summed E-state index contributed by atoms with van der Waals surface area (Å²) in [6.07, 6.45) is 1.81. The van der Waals surface area contributed by atoms with Crippen LogP contribution < -0.4 is 0 Å². The molecule has 0 N–H and O–H groups in total. The van der Waals surface area contributed by atoms with Gasteiger partial charge in [0, 0.05) is 12.5 Å². The molecule has 13 heavy (non-hydrogen) atoms. The normalized spacial score (nSPS) is 29.8. The van der Waals surface area contributed by atoms with Crippen molar-refractivity contribution < 1.29 is 22.8 Å². The third-order valence-electron chi connectivity index (χ3n) is 2.25. The smallest absolute Gasteiger partial charge is 0.376 e. The van der Waals surface area contributed by atoms with Gasteiger partial charge in [0.2, 0.25) is 0 Å². The highest BCUT2D eigenvalue weighted by Gasteiger charge is 2.27.